The van der Waals surface area contributed by atoms with Crippen LogP contribution in [0.5, 0.6) is 5.75 Å². The van der Waals surface area contributed by atoms with E-state index in [-0.39, 0.29) is 11.2 Å². The molecule has 5 heteroatoms. The molecule has 126 valence electrons. The van der Waals surface area contributed by atoms with Gasteiger partial charge in [-0.3, -0.25) is 0 Å². The second-order valence-electron chi connectivity index (χ2n) is 7.48. The number of hydrogen-bond donors (Lipinski definition) is 0. The molecule has 2 aliphatic heterocycles. The van der Waals surface area contributed by atoms with Crippen LogP contribution in [0.2, 0.25) is 0 Å². The maximum absolute atomic E-state index is 6.16. The Bertz CT molecular complexity index is 548. The van der Waals surface area contributed by atoms with Crippen molar-refractivity contribution in [3.05, 3.63) is 23.8 Å². The fourth-order valence-corrected chi connectivity index (χ4v) is 3.18. The lowest BCUT2D eigenvalue weighted by molar-refractivity contribution is 0.00578. The Kier molecular flexibility index (Phi) is 4.47. The zero-order valence-electron chi connectivity index (χ0n) is 14.8. The number of hydrogen-bond acceptors (Lipinski definition) is 4. The third-order valence-corrected chi connectivity index (χ3v) is 5.46. The van der Waals surface area contributed by atoms with E-state index < -0.39 is 7.12 Å². The van der Waals surface area contributed by atoms with Crippen molar-refractivity contribution in [3.63, 3.8) is 0 Å². The van der Waals surface area contributed by atoms with Crippen LogP contribution in [0.25, 0.3) is 0 Å². The van der Waals surface area contributed by atoms with Gasteiger partial charge in [-0.15, -0.1) is 0 Å². The Morgan fingerprint density at radius 1 is 1.04 bits per heavy atom. The Hall–Kier alpha value is -1.04. The molecule has 2 heterocycles. The molecule has 1 aromatic rings. The molecular weight excluding hydrogens is 291 g/mol. The summed E-state index contributed by atoms with van der Waals surface area (Å²) >= 11 is 0. The maximum atomic E-state index is 6.16. The largest absolute Gasteiger partial charge is 0.498 e. The fraction of sp³-hybridized carbons (Fsp3) is 0.667. The van der Waals surface area contributed by atoms with Gasteiger partial charge in [-0.1, -0.05) is 12.1 Å². The standard InChI is InChI=1S/C18H27BO4/c1-17(2)18(3,4)23-19(22-17)15-7-6-14(12-16(15)20-5)13-8-10-21-11-9-13/h6-7,12-13H,8-11H2,1-5H3. The highest BCUT2D eigenvalue weighted by Gasteiger charge is 2.52. The number of rotatable bonds is 3. The molecule has 0 atom stereocenters. The Balaban J connectivity index is 1.86. The molecule has 0 unspecified atom stereocenters. The molecule has 0 aromatic heterocycles. The summed E-state index contributed by atoms with van der Waals surface area (Å²) in [5, 5.41) is 0. The average molecular weight is 318 g/mol. The van der Waals surface area contributed by atoms with Gasteiger partial charge in [-0.05, 0) is 58.1 Å². The molecule has 0 amide bonds. The zero-order valence-corrected chi connectivity index (χ0v) is 14.8. The van der Waals surface area contributed by atoms with Gasteiger partial charge in [0.25, 0.3) is 0 Å². The topological polar surface area (TPSA) is 36.9 Å². The first kappa shape index (κ1) is 16.8. The van der Waals surface area contributed by atoms with Crippen molar-refractivity contribution in [2.75, 3.05) is 20.3 Å². The molecule has 2 fully saturated rings. The summed E-state index contributed by atoms with van der Waals surface area (Å²) in [6, 6.07) is 6.40. The lowest BCUT2D eigenvalue weighted by Gasteiger charge is -2.32. The van der Waals surface area contributed by atoms with Crippen molar-refractivity contribution < 1.29 is 18.8 Å². The van der Waals surface area contributed by atoms with E-state index in [1.54, 1.807) is 7.11 Å². The van der Waals surface area contributed by atoms with Gasteiger partial charge in [0.2, 0.25) is 0 Å². The smallest absolute Gasteiger partial charge is 0.497 e. The van der Waals surface area contributed by atoms with E-state index in [9.17, 15) is 0 Å². The summed E-state index contributed by atoms with van der Waals surface area (Å²) in [6.07, 6.45) is 2.14. The quantitative estimate of drug-likeness (QED) is 0.803. The van der Waals surface area contributed by atoms with E-state index in [1.165, 1.54) is 5.56 Å². The number of methoxy groups -OCH3 is 1. The van der Waals surface area contributed by atoms with Crippen molar-refractivity contribution in [2.45, 2.75) is 57.7 Å². The zero-order chi connectivity index (χ0) is 16.7. The Morgan fingerprint density at radius 2 is 1.65 bits per heavy atom. The molecule has 4 nitrogen and oxygen atoms in total. The van der Waals surface area contributed by atoms with E-state index in [1.807, 2.05) is 0 Å². The second-order valence-corrected chi connectivity index (χ2v) is 7.48. The van der Waals surface area contributed by atoms with Crippen LogP contribution in [-0.2, 0) is 14.0 Å². The molecule has 3 rings (SSSR count). The van der Waals surface area contributed by atoms with E-state index in [2.05, 4.69) is 45.9 Å². The molecule has 0 saturated carbocycles. The molecule has 2 aliphatic rings. The summed E-state index contributed by atoms with van der Waals surface area (Å²) in [4.78, 5) is 0. The minimum atomic E-state index is -0.390. The third kappa shape index (κ3) is 3.15. The first-order valence-corrected chi connectivity index (χ1v) is 8.45. The maximum Gasteiger partial charge on any atom is 0.498 e. The van der Waals surface area contributed by atoms with Crippen molar-refractivity contribution >= 4 is 12.6 Å². The number of benzene rings is 1. The predicted octanol–water partition coefficient (Wildman–Crippen LogP) is 2.89. The molecule has 0 N–H and O–H groups in total. The van der Waals surface area contributed by atoms with Crippen LogP contribution in [0.15, 0.2) is 18.2 Å². The summed E-state index contributed by atoms with van der Waals surface area (Å²) in [7, 11) is 1.32. The van der Waals surface area contributed by atoms with E-state index >= 15 is 0 Å². The van der Waals surface area contributed by atoms with Crippen LogP contribution in [0.3, 0.4) is 0 Å². The summed E-state index contributed by atoms with van der Waals surface area (Å²) in [5.74, 6) is 1.39. The molecule has 0 bridgehead atoms. The van der Waals surface area contributed by atoms with Gasteiger partial charge in [0.05, 0.1) is 18.3 Å². The van der Waals surface area contributed by atoms with E-state index in [0.717, 1.165) is 37.3 Å². The molecule has 0 aliphatic carbocycles. The monoisotopic (exact) mass is 318 g/mol. The van der Waals surface area contributed by atoms with Gasteiger partial charge < -0.3 is 18.8 Å². The van der Waals surface area contributed by atoms with Gasteiger partial charge in [-0.2, -0.15) is 0 Å². The van der Waals surface area contributed by atoms with Crippen molar-refractivity contribution in [1.29, 1.82) is 0 Å². The minimum Gasteiger partial charge on any atom is -0.497 e. The van der Waals surface area contributed by atoms with E-state index in [4.69, 9.17) is 18.8 Å². The molecule has 0 spiro atoms. The van der Waals surface area contributed by atoms with Crippen LogP contribution < -0.4 is 10.2 Å². The number of ether oxygens (including phenoxy) is 2. The highest BCUT2D eigenvalue weighted by Crippen LogP contribution is 2.37. The third-order valence-electron chi connectivity index (χ3n) is 5.46. The minimum absolute atomic E-state index is 0.345. The van der Waals surface area contributed by atoms with Crippen LogP contribution in [0.1, 0.15) is 52.0 Å². The van der Waals surface area contributed by atoms with Crippen LogP contribution in [0.4, 0.5) is 0 Å². The van der Waals surface area contributed by atoms with Crippen LogP contribution in [0, 0.1) is 0 Å². The lowest BCUT2D eigenvalue weighted by Crippen LogP contribution is -2.41. The van der Waals surface area contributed by atoms with Crippen molar-refractivity contribution in [3.8, 4) is 5.75 Å². The van der Waals surface area contributed by atoms with Crippen molar-refractivity contribution in [1.82, 2.24) is 0 Å². The van der Waals surface area contributed by atoms with Gasteiger partial charge in [0, 0.05) is 18.7 Å². The molecule has 1 aromatic carbocycles. The second kappa shape index (κ2) is 6.12. The van der Waals surface area contributed by atoms with Crippen molar-refractivity contribution in [2.24, 2.45) is 0 Å². The van der Waals surface area contributed by atoms with Crippen LogP contribution >= 0.6 is 0 Å². The van der Waals surface area contributed by atoms with Gasteiger partial charge >= 0.3 is 7.12 Å². The normalized spacial score (nSPS) is 24.0. The molecule has 0 radical (unpaired) electrons. The first-order valence-electron chi connectivity index (χ1n) is 8.45. The van der Waals surface area contributed by atoms with Gasteiger partial charge in [0.15, 0.2) is 0 Å². The SMILES string of the molecule is COc1cc(C2CCOCC2)ccc1B1OC(C)(C)C(C)(C)O1. The predicted molar refractivity (Wildman–Crippen MR) is 91.5 cm³/mol. The summed E-state index contributed by atoms with van der Waals surface area (Å²) in [5.41, 5.74) is 1.58. The Labute approximate surface area is 139 Å². The fourth-order valence-electron chi connectivity index (χ4n) is 3.18. The molecular formula is C18H27BO4. The van der Waals surface area contributed by atoms with E-state index in [0.29, 0.717) is 5.92 Å². The van der Waals surface area contributed by atoms with Crippen LogP contribution in [-0.4, -0.2) is 38.6 Å². The summed E-state index contributed by atoms with van der Waals surface area (Å²) < 4.78 is 23.4. The molecule has 23 heavy (non-hydrogen) atoms. The summed E-state index contributed by atoms with van der Waals surface area (Å²) in [6.45, 7) is 9.94. The highest BCUT2D eigenvalue weighted by molar-refractivity contribution is 6.63. The Morgan fingerprint density at radius 3 is 2.22 bits per heavy atom. The lowest BCUT2D eigenvalue weighted by atomic mass is 9.77. The van der Waals surface area contributed by atoms with Gasteiger partial charge in [0.1, 0.15) is 5.75 Å². The average Bonchev–Trinajstić information content (AvgIpc) is 2.75. The molecule has 2 saturated heterocycles. The van der Waals surface area contributed by atoms with Gasteiger partial charge in [-0.25, -0.2) is 0 Å². The first-order chi connectivity index (χ1) is 10.8. The highest BCUT2D eigenvalue weighted by atomic mass is 16.7.